The summed E-state index contributed by atoms with van der Waals surface area (Å²) in [5.74, 6) is -0.423. The van der Waals surface area contributed by atoms with E-state index in [0.717, 1.165) is 31.4 Å². The van der Waals surface area contributed by atoms with Crippen molar-refractivity contribution in [3.8, 4) is 5.75 Å². The number of amides is 1. The lowest BCUT2D eigenvalue weighted by molar-refractivity contribution is 0.0684. The van der Waals surface area contributed by atoms with E-state index in [1.54, 1.807) is 4.90 Å². The van der Waals surface area contributed by atoms with Crippen molar-refractivity contribution in [2.75, 3.05) is 19.6 Å². The average Bonchev–Trinajstić information content (AvgIpc) is 2.42. The predicted molar refractivity (Wildman–Crippen MR) is 70.4 cm³/mol. The van der Waals surface area contributed by atoms with Crippen molar-refractivity contribution < 1.29 is 14.3 Å². The molecule has 0 radical (unpaired) electrons. The Morgan fingerprint density at radius 3 is 2.74 bits per heavy atom. The third kappa shape index (κ3) is 3.23. The van der Waals surface area contributed by atoms with Crippen LogP contribution in [0.4, 0.5) is 4.39 Å². The Labute approximate surface area is 112 Å². The van der Waals surface area contributed by atoms with Gasteiger partial charge in [0.25, 0.3) is 5.91 Å². The average molecular weight is 266 g/mol. The molecule has 0 aliphatic carbocycles. The molecular formula is C14H19FN2O2. The Balaban J connectivity index is 2.03. The second-order valence-electron chi connectivity index (χ2n) is 4.97. The van der Waals surface area contributed by atoms with E-state index in [-0.39, 0.29) is 17.2 Å². The Morgan fingerprint density at radius 1 is 1.42 bits per heavy atom. The molecule has 1 aromatic rings. The van der Waals surface area contributed by atoms with Crippen LogP contribution in [0, 0.1) is 11.7 Å². The number of carbonyl (C=O) groups is 1. The number of carbonyl (C=O) groups excluding carboxylic acids is 1. The fourth-order valence-corrected chi connectivity index (χ4v) is 2.51. The number of phenols is 1. The summed E-state index contributed by atoms with van der Waals surface area (Å²) in [5.41, 5.74) is 5.57. The molecular weight excluding hydrogens is 247 g/mol. The van der Waals surface area contributed by atoms with Gasteiger partial charge in [-0.25, -0.2) is 4.39 Å². The molecule has 4 nitrogen and oxygen atoms in total. The Hall–Kier alpha value is -1.62. The van der Waals surface area contributed by atoms with Crippen LogP contribution in [0.15, 0.2) is 18.2 Å². The van der Waals surface area contributed by atoms with Crippen LogP contribution in [0.25, 0.3) is 0 Å². The maximum atomic E-state index is 13.1. The molecule has 5 heteroatoms. The number of piperidine rings is 1. The first-order chi connectivity index (χ1) is 9.11. The van der Waals surface area contributed by atoms with Crippen LogP contribution in [0.2, 0.25) is 0 Å². The van der Waals surface area contributed by atoms with Crippen LogP contribution in [0.3, 0.4) is 0 Å². The normalized spacial score (nSPS) is 16.6. The molecule has 104 valence electrons. The van der Waals surface area contributed by atoms with Crippen LogP contribution in [-0.4, -0.2) is 35.5 Å². The first-order valence-electron chi connectivity index (χ1n) is 6.59. The van der Waals surface area contributed by atoms with Gasteiger partial charge in [0.15, 0.2) is 0 Å². The Morgan fingerprint density at radius 2 is 2.11 bits per heavy atom. The van der Waals surface area contributed by atoms with Gasteiger partial charge in [-0.15, -0.1) is 0 Å². The number of hydrogen-bond acceptors (Lipinski definition) is 3. The minimum atomic E-state index is -0.515. The number of aromatic hydroxyl groups is 1. The molecule has 0 spiro atoms. The van der Waals surface area contributed by atoms with E-state index in [2.05, 4.69) is 0 Å². The third-order valence-corrected chi connectivity index (χ3v) is 3.67. The summed E-state index contributed by atoms with van der Waals surface area (Å²) in [5, 5.41) is 9.64. The van der Waals surface area contributed by atoms with Crippen LogP contribution >= 0.6 is 0 Å². The summed E-state index contributed by atoms with van der Waals surface area (Å²) >= 11 is 0. The van der Waals surface area contributed by atoms with Crippen LogP contribution in [0.1, 0.15) is 29.6 Å². The fourth-order valence-electron chi connectivity index (χ4n) is 2.51. The maximum Gasteiger partial charge on any atom is 0.257 e. The molecule has 0 bridgehead atoms. The van der Waals surface area contributed by atoms with Gasteiger partial charge in [0, 0.05) is 13.1 Å². The van der Waals surface area contributed by atoms with Crippen molar-refractivity contribution in [3.05, 3.63) is 29.6 Å². The fraction of sp³-hybridized carbons (Fsp3) is 0.500. The second-order valence-corrected chi connectivity index (χ2v) is 4.97. The van der Waals surface area contributed by atoms with Crippen molar-refractivity contribution in [1.29, 1.82) is 0 Å². The minimum absolute atomic E-state index is 0.0391. The van der Waals surface area contributed by atoms with Crippen molar-refractivity contribution in [2.24, 2.45) is 11.7 Å². The van der Waals surface area contributed by atoms with Crippen molar-refractivity contribution in [1.82, 2.24) is 4.90 Å². The molecule has 1 aromatic carbocycles. The van der Waals surface area contributed by atoms with Gasteiger partial charge >= 0.3 is 0 Å². The van der Waals surface area contributed by atoms with E-state index in [1.807, 2.05) is 0 Å². The number of benzene rings is 1. The molecule has 1 amide bonds. The van der Waals surface area contributed by atoms with Gasteiger partial charge in [0.05, 0.1) is 5.56 Å². The molecule has 1 heterocycles. The molecule has 0 unspecified atom stereocenters. The largest absolute Gasteiger partial charge is 0.507 e. The predicted octanol–water partition coefficient (Wildman–Crippen LogP) is 1.73. The summed E-state index contributed by atoms with van der Waals surface area (Å²) in [7, 11) is 0. The van der Waals surface area contributed by atoms with Gasteiger partial charge in [0.1, 0.15) is 11.6 Å². The maximum absolute atomic E-state index is 13.1. The topological polar surface area (TPSA) is 66.6 Å². The zero-order chi connectivity index (χ0) is 13.8. The highest BCUT2D eigenvalue weighted by Gasteiger charge is 2.25. The molecule has 1 saturated heterocycles. The number of halogens is 1. The third-order valence-electron chi connectivity index (χ3n) is 3.67. The first kappa shape index (κ1) is 13.8. The molecule has 0 aromatic heterocycles. The number of hydrogen-bond donors (Lipinski definition) is 2. The van der Waals surface area contributed by atoms with Gasteiger partial charge in [-0.2, -0.15) is 0 Å². The van der Waals surface area contributed by atoms with E-state index in [0.29, 0.717) is 25.6 Å². The molecule has 0 saturated carbocycles. The smallest absolute Gasteiger partial charge is 0.257 e. The lowest BCUT2D eigenvalue weighted by Crippen LogP contribution is -2.38. The molecule has 1 fully saturated rings. The second kappa shape index (κ2) is 6.02. The highest BCUT2D eigenvalue weighted by molar-refractivity contribution is 5.96. The van der Waals surface area contributed by atoms with Crippen LogP contribution in [-0.2, 0) is 0 Å². The van der Waals surface area contributed by atoms with Crippen molar-refractivity contribution in [3.63, 3.8) is 0 Å². The van der Waals surface area contributed by atoms with Crippen molar-refractivity contribution in [2.45, 2.75) is 19.3 Å². The molecule has 1 aliphatic rings. The van der Waals surface area contributed by atoms with Gasteiger partial charge in [-0.05, 0) is 49.9 Å². The molecule has 3 N–H and O–H groups in total. The van der Waals surface area contributed by atoms with Gasteiger partial charge < -0.3 is 15.7 Å². The summed E-state index contributed by atoms with van der Waals surface area (Å²) in [6.45, 7) is 1.95. The Bertz CT molecular complexity index is 457. The van der Waals surface area contributed by atoms with Crippen molar-refractivity contribution >= 4 is 5.91 Å². The molecule has 0 atom stereocenters. The molecule has 1 aliphatic heterocycles. The number of phenolic OH excluding ortho intramolecular Hbond substituents is 1. The van der Waals surface area contributed by atoms with E-state index in [9.17, 15) is 14.3 Å². The highest BCUT2D eigenvalue weighted by atomic mass is 19.1. The summed E-state index contributed by atoms with van der Waals surface area (Å²) in [6, 6.07) is 3.44. The molecule has 2 rings (SSSR count). The molecule has 19 heavy (non-hydrogen) atoms. The van der Waals surface area contributed by atoms with Gasteiger partial charge in [-0.1, -0.05) is 0 Å². The quantitative estimate of drug-likeness (QED) is 0.875. The van der Waals surface area contributed by atoms with Gasteiger partial charge in [-0.3, -0.25) is 4.79 Å². The van der Waals surface area contributed by atoms with E-state index in [4.69, 9.17) is 5.73 Å². The number of likely N-dealkylation sites (tertiary alicyclic amines) is 1. The number of rotatable bonds is 3. The van der Waals surface area contributed by atoms with E-state index >= 15 is 0 Å². The standard InChI is InChI=1S/C14H19FN2O2/c15-11-1-2-13(18)12(9-11)14(19)17-7-4-10(3-6-16)5-8-17/h1-2,9-10,18H,3-8,16H2. The number of nitrogens with zero attached hydrogens (tertiary/aromatic N) is 1. The van der Waals surface area contributed by atoms with Crippen LogP contribution < -0.4 is 5.73 Å². The lowest BCUT2D eigenvalue weighted by Gasteiger charge is -2.32. The SMILES string of the molecule is NCCC1CCN(C(=O)c2cc(F)ccc2O)CC1. The monoisotopic (exact) mass is 266 g/mol. The highest BCUT2D eigenvalue weighted by Crippen LogP contribution is 2.24. The van der Waals surface area contributed by atoms with Gasteiger partial charge in [0.2, 0.25) is 0 Å². The summed E-state index contributed by atoms with van der Waals surface area (Å²) in [4.78, 5) is 13.9. The summed E-state index contributed by atoms with van der Waals surface area (Å²) < 4.78 is 13.1. The van der Waals surface area contributed by atoms with Crippen LogP contribution in [0.5, 0.6) is 5.75 Å². The number of nitrogens with two attached hydrogens (primary N) is 1. The minimum Gasteiger partial charge on any atom is -0.507 e. The van der Waals surface area contributed by atoms with E-state index < -0.39 is 5.82 Å². The zero-order valence-corrected chi connectivity index (χ0v) is 10.8. The zero-order valence-electron chi connectivity index (χ0n) is 10.8. The first-order valence-corrected chi connectivity index (χ1v) is 6.59. The summed E-state index contributed by atoms with van der Waals surface area (Å²) in [6.07, 6.45) is 2.81. The lowest BCUT2D eigenvalue weighted by atomic mass is 9.93. The Kier molecular flexibility index (Phi) is 4.37. The van der Waals surface area contributed by atoms with E-state index in [1.165, 1.54) is 6.07 Å².